The van der Waals surface area contributed by atoms with Gasteiger partial charge in [-0.3, -0.25) is 4.90 Å². The molecule has 0 saturated carbocycles. The van der Waals surface area contributed by atoms with Gasteiger partial charge >= 0.3 is 0 Å². The highest BCUT2D eigenvalue weighted by atomic mass is 15.1. The van der Waals surface area contributed by atoms with Crippen molar-refractivity contribution in [2.45, 2.75) is 34.1 Å². The van der Waals surface area contributed by atoms with E-state index < -0.39 is 0 Å². The summed E-state index contributed by atoms with van der Waals surface area (Å²) >= 11 is 0. The van der Waals surface area contributed by atoms with E-state index in [0.29, 0.717) is 6.54 Å². The van der Waals surface area contributed by atoms with Crippen LogP contribution in [-0.4, -0.2) is 25.0 Å². The minimum atomic E-state index is 0.548. The van der Waals surface area contributed by atoms with Gasteiger partial charge in [-0.05, 0) is 25.9 Å². The zero-order valence-corrected chi connectivity index (χ0v) is 9.09. The Morgan fingerprint density at radius 2 is 1.83 bits per heavy atom. The van der Waals surface area contributed by atoms with Gasteiger partial charge in [0.2, 0.25) is 0 Å². The lowest BCUT2D eigenvalue weighted by atomic mass is 10.1. The number of nitrogens with zero attached hydrogens (tertiary/aromatic N) is 2. The van der Waals surface area contributed by atoms with E-state index in [2.05, 4.69) is 19.9 Å². The SMILES string of the molecule is CC.CC(C)CCN(C)CC#N. The Labute approximate surface area is 77.2 Å². The zero-order chi connectivity index (χ0) is 9.98. The summed E-state index contributed by atoms with van der Waals surface area (Å²) in [4.78, 5) is 2.04. The summed E-state index contributed by atoms with van der Waals surface area (Å²) in [5.41, 5.74) is 0. The molecule has 0 spiro atoms. The van der Waals surface area contributed by atoms with E-state index >= 15 is 0 Å². The smallest absolute Gasteiger partial charge is 0.0863 e. The van der Waals surface area contributed by atoms with Crippen molar-refractivity contribution in [3.8, 4) is 6.07 Å². The molecule has 0 bridgehead atoms. The maximum Gasteiger partial charge on any atom is 0.0863 e. The summed E-state index contributed by atoms with van der Waals surface area (Å²) in [6, 6.07) is 2.12. The molecule has 0 rings (SSSR count). The maximum atomic E-state index is 8.31. The summed E-state index contributed by atoms with van der Waals surface area (Å²) in [7, 11) is 1.98. The van der Waals surface area contributed by atoms with Crippen LogP contribution in [0.1, 0.15) is 34.1 Å². The molecule has 0 unspecified atom stereocenters. The van der Waals surface area contributed by atoms with Crippen molar-refractivity contribution in [1.82, 2.24) is 4.90 Å². The summed E-state index contributed by atoms with van der Waals surface area (Å²) < 4.78 is 0. The van der Waals surface area contributed by atoms with E-state index in [0.717, 1.165) is 12.5 Å². The van der Waals surface area contributed by atoms with Gasteiger partial charge in [-0.2, -0.15) is 5.26 Å². The average Bonchev–Trinajstić information content (AvgIpc) is 2.05. The van der Waals surface area contributed by atoms with E-state index in [1.165, 1.54) is 6.42 Å². The normalized spacial score (nSPS) is 9.17. The predicted molar refractivity (Wildman–Crippen MR) is 53.9 cm³/mol. The molecule has 72 valence electrons. The second-order valence-electron chi connectivity index (χ2n) is 3.08. The van der Waals surface area contributed by atoms with Crippen LogP contribution < -0.4 is 0 Å². The summed E-state index contributed by atoms with van der Waals surface area (Å²) in [5, 5.41) is 8.31. The molecule has 0 aliphatic heterocycles. The molecule has 0 aliphatic carbocycles. The number of nitriles is 1. The molecular formula is C10H22N2. The zero-order valence-electron chi connectivity index (χ0n) is 9.09. The Kier molecular flexibility index (Phi) is 12.2. The van der Waals surface area contributed by atoms with Gasteiger partial charge in [-0.1, -0.05) is 27.7 Å². The third kappa shape index (κ3) is 12.2. The van der Waals surface area contributed by atoms with E-state index in [1.807, 2.05) is 25.8 Å². The highest BCUT2D eigenvalue weighted by Gasteiger charge is 1.97. The lowest BCUT2D eigenvalue weighted by Gasteiger charge is -2.13. The van der Waals surface area contributed by atoms with Crippen molar-refractivity contribution in [2.75, 3.05) is 20.1 Å². The summed E-state index contributed by atoms with van der Waals surface area (Å²) in [5.74, 6) is 0.737. The average molecular weight is 170 g/mol. The fourth-order valence-electron chi connectivity index (χ4n) is 0.678. The molecule has 0 atom stereocenters. The van der Waals surface area contributed by atoms with Crippen molar-refractivity contribution in [3.63, 3.8) is 0 Å². The lowest BCUT2D eigenvalue weighted by molar-refractivity contribution is 0.343. The first-order chi connectivity index (χ1) is 5.66. The quantitative estimate of drug-likeness (QED) is 0.606. The topological polar surface area (TPSA) is 27.0 Å². The van der Waals surface area contributed by atoms with Crippen LogP contribution >= 0.6 is 0 Å². The monoisotopic (exact) mass is 170 g/mol. The third-order valence-corrected chi connectivity index (χ3v) is 1.43. The van der Waals surface area contributed by atoms with Crippen molar-refractivity contribution in [2.24, 2.45) is 5.92 Å². The first-order valence-electron chi connectivity index (χ1n) is 4.72. The molecule has 12 heavy (non-hydrogen) atoms. The number of hydrogen-bond acceptors (Lipinski definition) is 2. The van der Waals surface area contributed by atoms with Crippen molar-refractivity contribution >= 4 is 0 Å². The Morgan fingerprint density at radius 3 is 2.17 bits per heavy atom. The molecule has 0 aliphatic rings. The molecule has 0 amide bonds. The van der Waals surface area contributed by atoms with Crippen molar-refractivity contribution in [1.29, 1.82) is 5.26 Å². The third-order valence-electron chi connectivity index (χ3n) is 1.43. The van der Waals surface area contributed by atoms with Crippen LogP contribution in [0.5, 0.6) is 0 Å². The molecule has 0 aromatic carbocycles. The van der Waals surface area contributed by atoms with Gasteiger partial charge in [-0.25, -0.2) is 0 Å². The molecule has 2 nitrogen and oxygen atoms in total. The van der Waals surface area contributed by atoms with Gasteiger partial charge in [0, 0.05) is 0 Å². The van der Waals surface area contributed by atoms with Gasteiger partial charge in [0.05, 0.1) is 12.6 Å². The van der Waals surface area contributed by atoms with E-state index in [4.69, 9.17) is 5.26 Å². The van der Waals surface area contributed by atoms with Crippen LogP contribution in [0.15, 0.2) is 0 Å². The van der Waals surface area contributed by atoms with Gasteiger partial charge in [0.15, 0.2) is 0 Å². The first kappa shape index (κ1) is 14.0. The molecule has 0 N–H and O–H groups in total. The first-order valence-corrected chi connectivity index (χ1v) is 4.72. The van der Waals surface area contributed by atoms with Crippen LogP contribution in [0.4, 0.5) is 0 Å². The van der Waals surface area contributed by atoms with Gasteiger partial charge < -0.3 is 0 Å². The van der Waals surface area contributed by atoms with E-state index in [9.17, 15) is 0 Å². The van der Waals surface area contributed by atoms with Gasteiger partial charge in [-0.15, -0.1) is 0 Å². The van der Waals surface area contributed by atoms with Crippen LogP contribution in [-0.2, 0) is 0 Å². The predicted octanol–water partition coefficient (Wildman–Crippen LogP) is 2.51. The molecule has 0 saturated heterocycles. The largest absolute Gasteiger partial charge is 0.294 e. The van der Waals surface area contributed by atoms with Crippen molar-refractivity contribution in [3.05, 3.63) is 0 Å². The standard InChI is InChI=1S/C8H16N2.C2H6/c1-8(2)4-6-10(3)7-5-9;1-2/h8H,4,6-7H2,1-3H3;1-2H3. The van der Waals surface area contributed by atoms with Crippen LogP contribution in [0.3, 0.4) is 0 Å². The van der Waals surface area contributed by atoms with Crippen LogP contribution in [0.2, 0.25) is 0 Å². The van der Waals surface area contributed by atoms with E-state index in [-0.39, 0.29) is 0 Å². The molecule has 0 heterocycles. The number of rotatable bonds is 4. The summed E-state index contributed by atoms with van der Waals surface area (Å²) in [6.07, 6.45) is 1.18. The van der Waals surface area contributed by atoms with E-state index in [1.54, 1.807) is 0 Å². The molecular weight excluding hydrogens is 148 g/mol. The summed E-state index contributed by atoms with van der Waals surface area (Å²) in [6.45, 7) is 9.97. The van der Waals surface area contributed by atoms with Gasteiger partial charge in [0.1, 0.15) is 0 Å². The second-order valence-corrected chi connectivity index (χ2v) is 3.08. The van der Waals surface area contributed by atoms with Crippen molar-refractivity contribution < 1.29 is 0 Å². The molecule has 0 aromatic rings. The second kappa shape index (κ2) is 10.4. The minimum absolute atomic E-state index is 0.548. The lowest BCUT2D eigenvalue weighted by Crippen LogP contribution is -2.20. The van der Waals surface area contributed by atoms with Gasteiger partial charge in [0.25, 0.3) is 0 Å². The Bertz CT molecular complexity index is 113. The Morgan fingerprint density at radius 1 is 1.33 bits per heavy atom. The highest BCUT2D eigenvalue weighted by molar-refractivity contribution is 4.74. The van der Waals surface area contributed by atoms with Crippen LogP contribution in [0, 0.1) is 17.2 Å². The molecule has 0 radical (unpaired) electrons. The number of hydrogen-bond donors (Lipinski definition) is 0. The molecule has 2 heteroatoms. The Balaban J connectivity index is 0. The Hall–Kier alpha value is -0.550. The molecule has 0 fully saturated rings. The highest BCUT2D eigenvalue weighted by Crippen LogP contribution is 1.99. The fourth-order valence-corrected chi connectivity index (χ4v) is 0.678. The minimum Gasteiger partial charge on any atom is -0.294 e. The fraction of sp³-hybridized carbons (Fsp3) is 0.900. The molecule has 0 aromatic heterocycles. The van der Waals surface area contributed by atoms with Crippen LogP contribution in [0.25, 0.3) is 0 Å². The maximum absolute atomic E-state index is 8.31.